The number of carbonyl (C=O) groups is 1. The van der Waals surface area contributed by atoms with Crippen LogP contribution in [0.25, 0.3) is 0 Å². The number of carbonyl (C=O) groups excluding carboxylic acids is 1. The second kappa shape index (κ2) is 5.75. The van der Waals surface area contributed by atoms with Crippen molar-refractivity contribution >= 4 is 23.2 Å². The smallest absolute Gasteiger partial charge is 0.273 e. The summed E-state index contributed by atoms with van der Waals surface area (Å²) in [6.07, 6.45) is 0. The molecule has 1 amide bonds. The van der Waals surface area contributed by atoms with Crippen molar-refractivity contribution in [3.63, 3.8) is 0 Å². The monoisotopic (exact) mass is 292 g/mol. The van der Waals surface area contributed by atoms with Crippen LogP contribution in [0.1, 0.15) is 10.5 Å². The van der Waals surface area contributed by atoms with Crippen molar-refractivity contribution in [3.05, 3.63) is 41.0 Å². The van der Waals surface area contributed by atoms with E-state index in [1.54, 1.807) is 38.4 Å². The van der Waals surface area contributed by atoms with Crippen molar-refractivity contribution in [2.45, 2.75) is 0 Å². The number of halogens is 1. The minimum Gasteiger partial charge on any atom is -0.435 e. The van der Waals surface area contributed by atoms with Gasteiger partial charge in [-0.05, 0) is 24.3 Å². The third kappa shape index (κ3) is 3.16. The van der Waals surface area contributed by atoms with Crippen LogP contribution in [-0.2, 0) is 0 Å². The Morgan fingerprint density at radius 3 is 2.55 bits per heavy atom. The molecule has 2 aromatic rings. The molecule has 2 rings (SSSR count). The summed E-state index contributed by atoms with van der Waals surface area (Å²) in [5, 5.41) is 8.16. The highest BCUT2D eigenvalue weighted by Gasteiger charge is 2.11. The molecular formula is C13H13ClN4O2. The molecule has 0 aliphatic rings. The lowest BCUT2D eigenvalue weighted by atomic mass is 10.3. The lowest BCUT2D eigenvalue weighted by molar-refractivity contribution is 0.0820. The first-order chi connectivity index (χ1) is 9.47. The Morgan fingerprint density at radius 1 is 1.25 bits per heavy atom. The number of nitrogens with zero attached hydrogens (tertiary/aromatic N) is 3. The predicted octanol–water partition coefficient (Wildman–Crippen LogP) is 2.21. The molecule has 7 heteroatoms. The number of hydrogen-bond acceptors (Lipinski definition) is 5. The zero-order valence-electron chi connectivity index (χ0n) is 11.0. The number of aromatic nitrogens is 2. The number of nitrogens with two attached hydrogens (primary N) is 1. The molecule has 0 aliphatic carbocycles. The lowest BCUT2D eigenvalue weighted by Gasteiger charge is -2.10. The first kappa shape index (κ1) is 14.1. The summed E-state index contributed by atoms with van der Waals surface area (Å²) in [6.45, 7) is 0. The normalized spacial score (nSPS) is 10.2. The molecule has 0 aliphatic heterocycles. The Labute approximate surface area is 121 Å². The molecule has 1 aromatic heterocycles. The number of amides is 1. The van der Waals surface area contributed by atoms with Gasteiger partial charge in [0.2, 0.25) is 5.88 Å². The van der Waals surface area contributed by atoms with Crippen LogP contribution >= 0.6 is 11.6 Å². The summed E-state index contributed by atoms with van der Waals surface area (Å²) in [6, 6.07) is 7.96. The Balaban J connectivity index is 2.17. The Hall–Kier alpha value is -2.34. The molecule has 0 saturated carbocycles. The second-order valence-electron chi connectivity index (χ2n) is 4.24. The van der Waals surface area contributed by atoms with Crippen molar-refractivity contribution in [1.82, 2.24) is 15.1 Å². The summed E-state index contributed by atoms with van der Waals surface area (Å²) in [4.78, 5) is 13.1. The Bertz CT molecular complexity index is 629. The topological polar surface area (TPSA) is 81.3 Å². The van der Waals surface area contributed by atoms with E-state index in [0.29, 0.717) is 16.5 Å². The standard InChI is InChI=1S/C13H13ClN4O2/c1-18(2)13(19)10-4-6-12(17-16-10)20-11-5-3-8(14)7-9(11)15/h3-7H,15H2,1-2H3. The summed E-state index contributed by atoms with van der Waals surface area (Å²) < 4.78 is 5.48. The van der Waals surface area contributed by atoms with Gasteiger partial charge in [-0.2, -0.15) is 0 Å². The molecule has 0 fully saturated rings. The van der Waals surface area contributed by atoms with Gasteiger partial charge in [-0.3, -0.25) is 4.79 Å². The molecule has 0 saturated heterocycles. The van der Waals surface area contributed by atoms with E-state index in [9.17, 15) is 4.79 Å². The van der Waals surface area contributed by atoms with Crippen LogP contribution in [-0.4, -0.2) is 35.1 Å². The molecule has 104 valence electrons. The molecule has 0 spiro atoms. The van der Waals surface area contributed by atoms with Crippen LogP contribution in [0, 0.1) is 0 Å². The third-order valence-electron chi connectivity index (χ3n) is 2.45. The molecule has 1 aromatic carbocycles. The van der Waals surface area contributed by atoms with Gasteiger partial charge in [0, 0.05) is 25.2 Å². The summed E-state index contributed by atoms with van der Waals surface area (Å²) in [5.74, 6) is 0.444. The maximum Gasteiger partial charge on any atom is 0.273 e. The predicted molar refractivity (Wildman–Crippen MR) is 76.0 cm³/mol. The lowest BCUT2D eigenvalue weighted by Crippen LogP contribution is -2.23. The van der Waals surface area contributed by atoms with Crippen LogP contribution in [0.4, 0.5) is 5.69 Å². The number of anilines is 1. The van der Waals surface area contributed by atoms with Gasteiger partial charge in [0.1, 0.15) is 0 Å². The van der Waals surface area contributed by atoms with Crippen LogP contribution in [0.15, 0.2) is 30.3 Å². The van der Waals surface area contributed by atoms with Crippen LogP contribution in [0.5, 0.6) is 11.6 Å². The van der Waals surface area contributed by atoms with Gasteiger partial charge < -0.3 is 15.4 Å². The molecule has 20 heavy (non-hydrogen) atoms. The van der Waals surface area contributed by atoms with Crippen molar-refractivity contribution in [2.75, 3.05) is 19.8 Å². The molecular weight excluding hydrogens is 280 g/mol. The zero-order chi connectivity index (χ0) is 14.7. The van der Waals surface area contributed by atoms with E-state index >= 15 is 0 Å². The van der Waals surface area contributed by atoms with Gasteiger partial charge in [0.05, 0.1) is 5.69 Å². The van der Waals surface area contributed by atoms with Crippen LogP contribution in [0.2, 0.25) is 5.02 Å². The fourth-order valence-corrected chi connectivity index (χ4v) is 1.62. The summed E-state index contributed by atoms with van der Waals surface area (Å²) >= 11 is 5.80. The number of benzene rings is 1. The maximum absolute atomic E-state index is 11.7. The van der Waals surface area contributed by atoms with Crippen molar-refractivity contribution in [3.8, 4) is 11.6 Å². The molecule has 0 atom stereocenters. The van der Waals surface area contributed by atoms with Crippen molar-refractivity contribution < 1.29 is 9.53 Å². The van der Waals surface area contributed by atoms with Crippen molar-refractivity contribution in [2.24, 2.45) is 0 Å². The van der Waals surface area contributed by atoms with E-state index < -0.39 is 0 Å². The van der Waals surface area contributed by atoms with Gasteiger partial charge in [0.25, 0.3) is 5.91 Å². The highest BCUT2D eigenvalue weighted by Crippen LogP contribution is 2.28. The summed E-state index contributed by atoms with van der Waals surface area (Å²) in [5.41, 5.74) is 6.41. The van der Waals surface area contributed by atoms with Gasteiger partial charge in [-0.1, -0.05) is 11.6 Å². The highest BCUT2D eigenvalue weighted by molar-refractivity contribution is 6.30. The number of hydrogen-bond donors (Lipinski definition) is 1. The van der Waals surface area contributed by atoms with E-state index in [1.807, 2.05) is 0 Å². The minimum atomic E-state index is -0.227. The SMILES string of the molecule is CN(C)C(=O)c1ccc(Oc2ccc(Cl)cc2N)nn1. The van der Waals surface area contributed by atoms with Gasteiger partial charge >= 0.3 is 0 Å². The number of rotatable bonds is 3. The first-order valence-electron chi connectivity index (χ1n) is 5.75. The largest absolute Gasteiger partial charge is 0.435 e. The molecule has 2 N–H and O–H groups in total. The fourth-order valence-electron chi connectivity index (χ4n) is 1.44. The van der Waals surface area contributed by atoms with Crippen molar-refractivity contribution in [1.29, 1.82) is 0 Å². The van der Waals surface area contributed by atoms with E-state index in [-0.39, 0.29) is 17.5 Å². The molecule has 0 unspecified atom stereocenters. The Kier molecular flexibility index (Phi) is 4.05. The van der Waals surface area contributed by atoms with E-state index in [4.69, 9.17) is 22.1 Å². The van der Waals surface area contributed by atoms with Gasteiger partial charge in [0.15, 0.2) is 11.4 Å². The van der Waals surface area contributed by atoms with E-state index in [2.05, 4.69) is 10.2 Å². The fraction of sp³-hybridized carbons (Fsp3) is 0.154. The molecule has 0 radical (unpaired) electrons. The van der Waals surface area contributed by atoms with Gasteiger partial charge in [-0.25, -0.2) is 0 Å². The summed E-state index contributed by atoms with van der Waals surface area (Å²) in [7, 11) is 3.28. The van der Waals surface area contributed by atoms with E-state index in [1.165, 1.54) is 11.0 Å². The molecule has 0 bridgehead atoms. The van der Waals surface area contributed by atoms with Gasteiger partial charge in [-0.15, -0.1) is 10.2 Å². The minimum absolute atomic E-state index is 0.227. The van der Waals surface area contributed by atoms with Crippen LogP contribution < -0.4 is 10.5 Å². The Morgan fingerprint density at radius 2 is 2.00 bits per heavy atom. The average Bonchev–Trinajstić information content (AvgIpc) is 2.42. The average molecular weight is 293 g/mol. The molecule has 6 nitrogen and oxygen atoms in total. The number of nitrogen functional groups attached to an aromatic ring is 1. The highest BCUT2D eigenvalue weighted by atomic mass is 35.5. The third-order valence-corrected chi connectivity index (χ3v) is 2.69. The first-order valence-corrected chi connectivity index (χ1v) is 6.13. The number of ether oxygens (including phenoxy) is 1. The second-order valence-corrected chi connectivity index (χ2v) is 4.68. The van der Waals surface area contributed by atoms with Crippen LogP contribution in [0.3, 0.4) is 0 Å². The van der Waals surface area contributed by atoms with E-state index in [0.717, 1.165) is 0 Å². The molecule has 1 heterocycles. The quantitative estimate of drug-likeness (QED) is 0.877. The zero-order valence-corrected chi connectivity index (χ0v) is 11.8. The maximum atomic E-state index is 11.7.